The number of rotatable bonds is 6. The molecule has 5 nitrogen and oxygen atoms in total. The summed E-state index contributed by atoms with van der Waals surface area (Å²) in [7, 11) is 0. The van der Waals surface area contributed by atoms with Crippen molar-refractivity contribution in [1.82, 2.24) is 14.9 Å². The predicted octanol–water partition coefficient (Wildman–Crippen LogP) is 3.59. The molecule has 2 aromatic rings. The van der Waals surface area contributed by atoms with Crippen LogP contribution < -0.4 is 5.32 Å². The van der Waals surface area contributed by atoms with E-state index in [9.17, 15) is 4.79 Å². The summed E-state index contributed by atoms with van der Waals surface area (Å²) in [5.41, 5.74) is 3.04. The Hall–Kier alpha value is -2.43. The van der Waals surface area contributed by atoms with Crippen molar-refractivity contribution in [2.75, 3.05) is 18.4 Å². The Kier molecular flexibility index (Phi) is 5.64. The number of hydrogen-bond donors (Lipinski definition) is 1. The van der Waals surface area contributed by atoms with E-state index in [4.69, 9.17) is 0 Å². The lowest BCUT2D eigenvalue weighted by Gasteiger charge is -2.28. The summed E-state index contributed by atoms with van der Waals surface area (Å²) in [6, 6.07) is 10.1. The minimum Gasteiger partial charge on any atom is -0.370 e. The van der Waals surface area contributed by atoms with E-state index in [1.165, 1.54) is 24.0 Å². The first-order valence-electron chi connectivity index (χ1n) is 9.13. The van der Waals surface area contributed by atoms with Crippen LogP contribution >= 0.6 is 0 Å². The molecule has 0 saturated heterocycles. The Morgan fingerprint density at radius 3 is 2.80 bits per heavy atom. The van der Waals surface area contributed by atoms with Crippen LogP contribution in [0.1, 0.15) is 53.6 Å². The van der Waals surface area contributed by atoms with Gasteiger partial charge in [-0.15, -0.1) is 0 Å². The van der Waals surface area contributed by atoms with Crippen LogP contribution in [0.3, 0.4) is 0 Å². The van der Waals surface area contributed by atoms with E-state index in [0.29, 0.717) is 18.1 Å². The molecule has 0 aliphatic carbocycles. The zero-order chi connectivity index (χ0) is 17.6. The molecule has 0 saturated carbocycles. The summed E-state index contributed by atoms with van der Waals surface area (Å²) in [6.07, 6.45) is 4.38. The molecular weight excluding hydrogens is 312 g/mol. The molecule has 3 rings (SSSR count). The largest absolute Gasteiger partial charge is 0.370 e. The van der Waals surface area contributed by atoms with Gasteiger partial charge in [0.1, 0.15) is 17.3 Å². The van der Waals surface area contributed by atoms with Gasteiger partial charge in [0.15, 0.2) is 0 Å². The number of carbonyl (C=O) groups excluding carboxylic acids is 1. The number of carbonyl (C=O) groups is 1. The Balaban J connectivity index is 1.71. The minimum atomic E-state index is -0.0170. The number of amides is 1. The third-order valence-electron chi connectivity index (χ3n) is 4.56. The lowest BCUT2D eigenvalue weighted by atomic mass is 10.00. The molecule has 1 aliphatic heterocycles. The van der Waals surface area contributed by atoms with Crippen LogP contribution in [0.4, 0.5) is 5.82 Å². The van der Waals surface area contributed by atoms with E-state index < -0.39 is 0 Å². The van der Waals surface area contributed by atoms with Crippen molar-refractivity contribution in [3.8, 4) is 0 Å². The third-order valence-corrected chi connectivity index (χ3v) is 4.56. The van der Waals surface area contributed by atoms with Gasteiger partial charge in [-0.2, -0.15) is 0 Å². The van der Waals surface area contributed by atoms with Crippen molar-refractivity contribution in [1.29, 1.82) is 0 Å². The number of fused-ring (bicyclic) bond motifs is 1. The fraction of sp³-hybridized carbons (Fsp3) is 0.450. The van der Waals surface area contributed by atoms with Gasteiger partial charge in [-0.05, 0) is 30.9 Å². The average molecular weight is 338 g/mol. The molecule has 0 bridgehead atoms. The van der Waals surface area contributed by atoms with Crippen molar-refractivity contribution in [2.45, 2.75) is 46.1 Å². The highest BCUT2D eigenvalue weighted by atomic mass is 16.2. The van der Waals surface area contributed by atoms with Gasteiger partial charge in [-0.25, -0.2) is 9.97 Å². The lowest BCUT2D eigenvalue weighted by molar-refractivity contribution is 0.0728. The second kappa shape index (κ2) is 8.10. The van der Waals surface area contributed by atoms with Gasteiger partial charge < -0.3 is 10.2 Å². The average Bonchev–Trinajstić information content (AvgIpc) is 2.64. The Bertz CT molecular complexity index is 744. The van der Waals surface area contributed by atoms with Gasteiger partial charge in [-0.1, -0.05) is 44.0 Å². The van der Waals surface area contributed by atoms with Crippen LogP contribution in [0.25, 0.3) is 0 Å². The molecule has 1 aliphatic rings. The van der Waals surface area contributed by atoms with E-state index >= 15 is 0 Å². The van der Waals surface area contributed by atoms with Gasteiger partial charge in [0.05, 0.1) is 0 Å². The molecule has 1 amide bonds. The zero-order valence-electron chi connectivity index (χ0n) is 15.1. The van der Waals surface area contributed by atoms with Crippen LogP contribution in [-0.2, 0) is 13.0 Å². The first-order chi connectivity index (χ1) is 12.2. The van der Waals surface area contributed by atoms with E-state index in [-0.39, 0.29) is 5.91 Å². The molecule has 0 spiro atoms. The molecule has 0 radical (unpaired) electrons. The van der Waals surface area contributed by atoms with Gasteiger partial charge in [-0.3, -0.25) is 4.79 Å². The SMILES string of the molecule is CCCCCNc1cc(C(=O)N2CCc3ccccc3C2)nc(C)n1. The topological polar surface area (TPSA) is 58.1 Å². The molecule has 1 aromatic carbocycles. The zero-order valence-corrected chi connectivity index (χ0v) is 15.1. The highest BCUT2D eigenvalue weighted by Crippen LogP contribution is 2.20. The molecule has 1 N–H and O–H groups in total. The van der Waals surface area contributed by atoms with Crippen molar-refractivity contribution >= 4 is 11.7 Å². The molecular formula is C20H26N4O. The number of hydrogen-bond acceptors (Lipinski definition) is 4. The van der Waals surface area contributed by atoms with E-state index in [0.717, 1.165) is 31.7 Å². The lowest BCUT2D eigenvalue weighted by Crippen LogP contribution is -2.36. The van der Waals surface area contributed by atoms with Crippen molar-refractivity contribution in [2.24, 2.45) is 0 Å². The summed E-state index contributed by atoms with van der Waals surface area (Å²) in [6.45, 7) is 6.27. The predicted molar refractivity (Wildman–Crippen MR) is 99.7 cm³/mol. The normalized spacial score (nSPS) is 13.4. The maximum Gasteiger partial charge on any atom is 0.272 e. The molecule has 0 atom stereocenters. The molecule has 5 heteroatoms. The second-order valence-electron chi connectivity index (χ2n) is 6.56. The fourth-order valence-electron chi connectivity index (χ4n) is 3.19. The third kappa shape index (κ3) is 4.35. The highest BCUT2D eigenvalue weighted by molar-refractivity contribution is 5.93. The standard InChI is InChI=1S/C20H26N4O/c1-3-4-7-11-21-19-13-18(22-15(2)23-19)20(25)24-12-10-16-8-5-6-9-17(16)14-24/h5-6,8-9,13H,3-4,7,10-12,14H2,1-2H3,(H,21,22,23). The Labute approximate surface area is 149 Å². The van der Waals surface area contributed by atoms with Crippen molar-refractivity contribution < 1.29 is 4.79 Å². The van der Waals surface area contributed by atoms with Crippen molar-refractivity contribution in [3.05, 3.63) is 53.0 Å². The molecule has 1 aromatic heterocycles. The smallest absolute Gasteiger partial charge is 0.272 e. The Morgan fingerprint density at radius 2 is 2.00 bits per heavy atom. The summed E-state index contributed by atoms with van der Waals surface area (Å²) >= 11 is 0. The van der Waals surface area contributed by atoms with Crippen LogP contribution in [0, 0.1) is 6.92 Å². The molecule has 0 fully saturated rings. The van der Waals surface area contributed by atoms with Crippen LogP contribution in [-0.4, -0.2) is 33.9 Å². The highest BCUT2D eigenvalue weighted by Gasteiger charge is 2.23. The number of aryl methyl sites for hydroxylation is 1. The second-order valence-corrected chi connectivity index (χ2v) is 6.56. The first-order valence-corrected chi connectivity index (χ1v) is 9.13. The molecule has 2 heterocycles. The maximum absolute atomic E-state index is 12.9. The molecule has 132 valence electrons. The van der Waals surface area contributed by atoms with E-state index in [1.54, 1.807) is 6.07 Å². The van der Waals surface area contributed by atoms with Crippen LogP contribution in [0.15, 0.2) is 30.3 Å². The summed E-state index contributed by atoms with van der Waals surface area (Å²) in [5, 5.41) is 3.31. The maximum atomic E-state index is 12.9. The molecule has 0 unspecified atom stereocenters. The first kappa shape index (κ1) is 17.4. The summed E-state index contributed by atoms with van der Waals surface area (Å²) < 4.78 is 0. The Morgan fingerprint density at radius 1 is 1.20 bits per heavy atom. The van der Waals surface area contributed by atoms with E-state index in [1.807, 2.05) is 17.9 Å². The van der Waals surface area contributed by atoms with Crippen LogP contribution in [0.2, 0.25) is 0 Å². The van der Waals surface area contributed by atoms with Crippen molar-refractivity contribution in [3.63, 3.8) is 0 Å². The minimum absolute atomic E-state index is 0.0170. The van der Waals surface area contributed by atoms with Gasteiger partial charge in [0.2, 0.25) is 0 Å². The monoisotopic (exact) mass is 338 g/mol. The van der Waals surface area contributed by atoms with Gasteiger partial charge >= 0.3 is 0 Å². The quantitative estimate of drug-likeness (QED) is 0.818. The van der Waals surface area contributed by atoms with Gasteiger partial charge in [0, 0.05) is 25.7 Å². The number of aromatic nitrogens is 2. The summed E-state index contributed by atoms with van der Waals surface area (Å²) in [5.74, 6) is 1.35. The number of anilines is 1. The molecule has 25 heavy (non-hydrogen) atoms. The number of benzene rings is 1. The number of unbranched alkanes of at least 4 members (excludes halogenated alkanes) is 2. The van der Waals surface area contributed by atoms with Crippen LogP contribution in [0.5, 0.6) is 0 Å². The fourth-order valence-corrected chi connectivity index (χ4v) is 3.19. The number of nitrogens with one attached hydrogen (secondary N) is 1. The van der Waals surface area contributed by atoms with E-state index in [2.05, 4.69) is 40.4 Å². The summed E-state index contributed by atoms with van der Waals surface area (Å²) in [4.78, 5) is 23.5. The van der Waals surface area contributed by atoms with Gasteiger partial charge in [0.25, 0.3) is 5.91 Å². The number of nitrogens with zero attached hydrogens (tertiary/aromatic N) is 3.